The number of nitrogens with zero attached hydrogens (tertiary/aromatic N) is 3. The van der Waals surface area contributed by atoms with Crippen molar-refractivity contribution in [3.05, 3.63) is 11.4 Å². The van der Waals surface area contributed by atoms with Gasteiger partial charge in [0.25, 0.3) is 0 Å². The zero-order valence-electron chi connectivity index (χ0n) is 10.5. The molecule has 1 N–H and O–H groups in total. The smallest absolute Gasteiger partial charge is 0.112 e. The van der Waals surface area contributed by atoms with E-state index in [1.54, 1.807) is 0 Å². The molecule has 0 amide bonds. The molecule has 2 saturated carbocycles. The Morgan fingerprint density at radius 2 is 2.00 bits per heavy atom. The van der Waals surface area contributed by atoms with Gasteiger partial charge in [-0.25, -0.2) is 4.68 Å². The van der Waals surface area contributed by atoms with Crippen LogP contribution in [-0.4, -0.2) is 20.1 Å². The Labute approximate surface area is 102 Å². The van der Waals surface area contributed by atoms with Gasteiger partial charge in [0.15, 0.2) is 0 Å². The number of aliphatic hydroxyl groups is 1. The fraction of sp³-hybridized carbons (Fsp3) is 0.846. The van der Waals surface area contributed by atoms with E-state index >= 15 is 0 Å². The third kappa shape index (κ3) is 1.79. The topological polar surface area (TPSA) is 50.9 Å². The predicted octanol–water partition coefficient (Wildman–Crippen LogP) is 2.40. The zero-order valence-corrected chi connectivity index (χ0v) is 10.5. The van der Waals surface area contributed by atoms with Gasteiger partial charge in [0.1, 0.15) is 5.69 Å². The highest BCUT2D eigenvalue weighted by Crippen LogP contribution is 2.41. The van der Waals surface area contributed by atoms with Crippen LogP contribution in [-0.2, 0) is 6.61 Å². The molecular weight excluding hydrogens is 214 g/mol. The largest absolute Gasteiger partial charge is 0.390 e. The molecule has 2 fully saturated rings. The van der Waals surface area contributed by atoms with Crippen molar-refractivity contribution >= 4 is 0 Å². The van der Waals surface area contributed by atoms with Crippen LogP contribution in [0, 0.1) is 5.92 Å². The second kappa shape index (κ2) is 4.41. The second-order valence-corrected chi connectivity index (χ2v) is 5.58. The molecule has 1 heterocycles. The molecule has 0 bridgehead atoms. The van der Waals surface area contributed by atoms with Crippen molar-refractivity contribution in [2.24, 2.45) is 5.92 Å². The molecule has 4 nitrogen and oxygen atoms in total. The van der Waals surface area contributed by atoms with E-state index in [1.165, 1.54) is 44.2 Å². The number of hydrogen-bond donors (Lipinski definition) is 1. The highest BCUT2D eigenvalue weighted by molar-refractivity contribution is 5.18. The molecule has 2 aliphatic carbocycles. The van der Waals surface area contributed by atoms with Gasteiger partial charge in [-0.3, -0.25) is 0 Å². The quantitative estimate of drug-likeness (QED) is 0.871. The molecule has 2 aliphatic rings. The Morgan fingerprint density at radius 1 is 1.29 bits per heavy atom. The van der Waals surface area contributed by atoms with Crippen molar-refractivity contribution in [3.8, 4) is 0 Å². The first-order valence-corrected chi connectivity index (χ1v) is 6.86. The first-order valence-electron chi connectivity index (χ1n) is 6.86. The molecule has 3 rings (SSSR count). The lowest BCUT2D eigenvalue weighted by molar-refractivity contribution is 0.199. The van der Waals surface area contributed by atoms with E-state index in [0.717, 1.165) is 11.6 Å². The Balaban J connectivity index is 1.88. The summed E-state index contributed by atoms with van der Waals surface area (Å²) in [5.74, 6) is 1.36. The Kier molecular flexibility index (Phi) is 2.90. The van der Waals surface area contributed by atoms with Crippen LogP contribution in [0.4, 0.5) is 0 Å². The summed E-state index contributed by atoms with van der Waals surface area (Å²) in [6.07, 6.45) is 7.77. The van der Waals surface area contributed by atoms with E-state index in [2.05, 4.69) is 21.9 Å². The minimum absolute atomic E-state index is 0.0310. The minimum atomic E-state index is 0.0310. The van der Waals surface area contributed by atoms with Crippen LogP contribution < -0.4 is 0 Å². The maximum Gasteiger partial charge on any atom is 0.112 e. The lowest BCUT2D eigenvalue weighted by Crippen LogP contribution is -2.27. The van der Waals surface area contributed by atoms with Crippen LogP contribution in [0.25, 0.3) is 0 Å². The SMILES string of the molecule is CC(C1CCC1)n1nnc(CO)c1C1CCC1. The molecular formula is C13H21N3O. The van der Waals surface area contributed by atoms with Gasteiger partial charge in [0, 0.05) is 5.92 Å². The number of aromatic nitrogens is 3. The molecule has 0 aliphatic heterocycles. The summed E-state index contributed by atoms with van der Waals surface area (Å²) >= 11 is 0. The lowest BCUT2D eigenvalue weighted by atomic mass is 9.79. The summed E-state index contributed by atoms with van der Waals surface area (Å²) in [6, 6.07) is 0.451. The van der Waals surface area contributed by atoms with Crippen molar-refractivity contribution in [1.82, 2.24) is 15.0 Å². The number of rotatable bonds is 4. The van der Waals surface area contributed by atoms with Gasteiger partial charge >= 0.3 is 0 Å². The van der Waals surface area contributed by atoms with Crippen molar-refractivity contribution in [2.75, 3.05) is 0 Å². The molecule has 17 heavy (non-hydrogen) atoms. The van der Waals surface area contributed by atoms with Crippen molar-refractivity contribution in [3.63, 3.8) is 0 Å². The average Bonchev–Trinajstić information content (AvgIpc) is 2.56. The fourth-order valence-electron chi connectivity index (χ4n) is 2.97. The summed E-state index contributed by atoms with van der Waals surface area (Å²) in [7, 11) is 0. The summed E-state index contributed by atoms with van der Waals surface area (Å²) in [5, 5.41) is 17.8. The fourth-order valence-corrected chi connectivity index (χ4v) is 2.97. The van der Waals surface area contributed by atoms with E-state index in [1.807, 2.05) is 0 Å². The highest BCUT2D eigenvalue weighted by Gasteiger charge is 2.32. The summed E-state index contributed by atoms with van der Waals surface area (Å²) in [6.45, 7) is 2.28. The van der Waals surface area contributed by atoms with Crippen molar-refractivity contribution in [1.29, 1.82) is 0 Å². The van der Waals surface area contributed by atoms with E-state index in [9.17, 15) is 5.11 Å². The molecule has 1 atom stereocenters. The number of aliphatic hydroxyl groups excluding tert-OH is 1. The predicted molar refractivity (Wildman–Crippen MR) is 64.6 cm³/mol. The molecule has 0 aromatic carbocycles. The first kappa shape index (κ1) is 11.2. The third-order valence-corrected chi connectivity index (χ3v) is 4.66. The van der Waals surface area contributed by atoms with Crippen LogP contribution in [0.3, 0.4) is 0 Å². The van der Waals surface area contributed by atoms with Crippen LogP contribution in [0.15, 0.2) is 0 Å². The molecule has 1 aromatic heterocycles. The maximum absolute atomic E-state index is 9.38. The molecule has 4 heteroatoms. The third-order valence-electron chi connectivity index (χ3n) is 4.66. The molecule has 1 aromatic rings. The molecule has 1 unspecified atom stereocenters. The van der Waals surface area contributed by atoms with Gasteiger partial charge in [0.2, 0.25) is 0 Å². The van der Waals surface area contributed by atoms with Gasteiger partial charge in [-0.15, -0.1) is 5.10 Å². The van der Waals surface area contributed by atoms with Crippen molar-refractivity contribution in [2.45, 2.75) is 64.0 Å². The summed E-state index contributed by atoms with van der Waals surface area (Å²) in [5.41, 5.74) is 2.03. The number of hydrogen-bond acceptors (Lipinski definition) is 3. The normalized spacial score (nSPS) is 23.2. The molecule has 0 saturated heterocycles. The first-order chi connectivity index (χ1) is 8.31. The second-order valence-electron chi connectivity index (χ2n) is 5.58. The van der Waals surface area contributed by atoms with Gasteiger partial charge in [-0.2, -0.15) is 0 Å². The Hall–Kier alpha value is -0.900. The zero-order chi connectivity index (χ0) is 11.8. The van der Waals surface area contributed by atoms with E-state index in [-0.39, 0.29) is 6.61 Å². The molecule has 94 valence electrons. The van der Waals surface area contributed by atoms with E-state index in [0.29, 0.717) is 12.0 Å². The molecule has 0 radical (unpaired) electrons. The molecule has 0 spiro atoms. The van der Waals surface area contributed by atoms with Crippen LogP contribution in [0.2, 0.25) is 0 Å². The van der Waals surface area contributed by atoms with Gasteiger partial charge in [-0.1, -0.05) is 18.1 Å². The monoisotopic (exact) mass is 235 g/mol. The van der Waals surface area contributed by atoms with Gasteiger partial charge in [0.05, 0.1) is 18.3 Å². The lowest BCUT2D eigenvalue weighted by Gasteiger charge is -2.34. The summed E-state index contributed by atoms with van der Waals surface area (Å²) in [4.78, 5) is 0. The average molecular weight is 235 g/mol. The van der Waals surface area contributed by atoms with Crippen LogP contribution in [0.1, 0.15) is 68.8 Å². The standard InChI is InChI=1S/C13H21N3O/c1-9(10-4-2-5-10)16-13(11-6-3-7-11)12(8-17)14-15-16/h9-11,17H,2-8H2,1H3. The Bertz CT molecular complexity index is 393. The van der Waals surface area contributed by atoms with E-state index in [4.69, 9.17) is 0 Å². The van der Waals surface area contributed by atoms with Crippen molar-refractivity contribution < 1.29 is 5.11 Å². The van der Waals surface area contributed by atoms with Crippen LogP contribution in [0.5, 0.6) is 0 Å². The van der Waals surface area contributed by atoms with Gasteiger partial charge < -0.3 is 5.11 Å². The highest BCUT2D eigenvalue weighted by atomic mass is 16.3. The summed E-state index contributed by atoms with van der Waals surface area (Å²) < 4.78 is 2.11. The Morgan fingerprint density at radius 3 is 2.47 bits per heavy atom. The maximum atomic E-state index is 9.38. The van der Waals surface area contributed by atoms with Crippen LogP contribution >= 0.6 is 0 Å². The minimum Gasteiger partial charge on any atom is -0.390 e. The van der Waals surface area contributed by atoms with E-state index < -0.39 is 0 Å². The van der Waals surface area contributed by atoms with Gasteiger partial charge in [-0.05, 0) is 38.5 Å².